The minimum atomic E-state index is 0.176. The van der Waals surface area contributed by atoms with Gasteiger partial charge in [-0.15, -0.1) is 0 Å². The molecule has 1 aromatic rings. The molecule has 0 radical (unpaired) electrons. The number of hydrogen-bond acceptors (Lipinski definition) is 2. The summed E-state index contributed by atoms with van der Waals surface area (Å²) in [5, 5.41) is 0.691. The van der Waals surface area contributed by atoms with E-state index >= 15 is 0 Å². The molecule has 2 nitrogen and oxygen atoms in total. The second-order valence-corrected chi connectivity index (χ2v) is 6.23. The Hall–Kier alpha value is -0.860. The molecule has 0 unspecified atom stereocenters. The fraction of sp³-hybridized carbons (Fsp3) is 0.562. The van der Waals surface area contributed by atoms with Gasteiger partial charge in [0.2, 0.25) is 0 Å². The Bertz CT molecular complexity index is 452. The van der Waals surface area contributed by atoms with Gasteiger partial charge in [0.1, 0.15) is 0 Å². The number of likely N-dealkylation sites (tertiary alicyclic amines) is 1. The quantitative estimate of drug-likeness (QED) is 0.784. The first-order valence-corrected chi connectivity index (χ1v) is 7.65. The lowest BCUT2D eigenvalue weighted by atomic mass is 9.85. The second kappa shape index (κ2) is 5.64. The lowest BCUT2D eigenvalue weighted by molar-refractivity contribution is 0.0612. The van der Waals surface area contributed by atoms with E-state index in [9.17, 15) is 4.79 Å². The molecule has 1 aromatic carbocycles. The minimum absolute atomic E-state index is 0.176. The first-order chi connectivity index (χ1) is 9.24. The summed E-state index contributed by atoms with van der Waals surface area (Å²) in [6, 6.07) is 8.07. The van der Waals surface area contributed by atoms with Gasteiger partial charge in [0.05, 0.1) is 0 Å². The van der Waals surface area contributed by atoms with Gasteiger partial charge >= 0.3 is 0 Å². The number of nitrogens with zero attached hydrogens (tertiary/aromatic N) is 1. The molecule has 0 N–H and O–H groups in total. The van der Waals surface area contributed by atoms with Crippen LogP contribution in [0.1, 0.15) is 42.5 Å². The molecule has 1 saturated heterocycles. The predicted molar refractivity (Wildman–Crippen MR) is 77.7 cm³/mol. The van der Waals surface area contributed by atoms with E-state index in [0.717, 1.165) is 31.0 Å². The third-order valence-corrected chi connectivity index (χ3v) is 4.80. The average Bonchev–Trinajstić information content (AvgIpc) is 2.37. The SMILES string of the molecule is O=C(c1ccc(Cl)cc1)[C@H]1CCCN(C2CCC2)C1. The maximum Gasteiger partial charge on any atom is 0.167 e. The molecular formula is C16H20ClNO. The van der Waals surface area contributed by atoms with Gasteiger partial charge in [0.15, 0.2) is 5.78 Å². The summed E-state index contributed by atoms with van der Waals surface area (Å²) >= 11 is 5.87. The normalized spacial score (nSPS) is 25.0. The van der Waals surface area contributed by atoms with E-state index in [0.29, 0.717) is 10.8 Å². The number of halogens is 1. The molecular weight excluding hydrogens is 258 g/mol. The van der Waals surface area contributed by atoms with Gasteiger partial charge in [-0.1, -0.05) is 18.0 Å². The van der Waals surface area contributed by atoms with Crippen molar-refractivity contribution >= 4 is 17.4 Å². The molecule has 1 heterocycles. The average molecular weight is 278 g/mol. The Balaban J connectivity index is 1.67. The maximum absolute atomic E-state index is 12.5. The number of hydrogen-bond donors (Lipinski definition) is 0. The monoisotopic (exact) mass is 277 g/mol. The van der Waals surface area contributed by atoms with Crippen LogP contribution in [-0.2, 0) is 0 Å². The van der Waals surface area contributed by atoms with E-state index < -0.39 is 0 Å². The number of carbonyl (C=O) groups is 1. The summed E-state index contributed by atoms with van der Waals surface area (Å²) in [5.41, 5.74) is 0.810. The number of rotatable bonds is 3. The summed E-state index contributed by atoms with van der Waals surface area (Å²) < 4.78 is 0. The van der Waals surface area contributed by atoms with Gasteiger partial charge in [-0.3, -0.25) is 9.69 Å². The maximum atomic E-state index is 12.5. The number of benzene rings is 1. The van der Waals surface area contributed by atoms with Crippen LogP contribution < -0.4 is 0 Å². The highest BCUT2D eigenvalue weighted by Crippen LogP contribution is 2.30. The Morgan fingerprint density at radius 1 is 1.11 bits per heavy atom. The highest BCUT2D eigenvalue weighted by molar-refractivity contribution is 6.30. The Morgan fingerprint density at radius 3 is 2.47 bits per heavy atom. The van der Waals surface area contributed by atoms with Gasteiger partial charge in [-0.05, 0) is 56.5 Å². The standard InChI is InChI=1S/C16H20ClNO/c17-14-8-6-12(7-9-14)16(19)13-3-2-10-18(11-13)15-4-1-5-15/h6-9,13,15H,1-5,10-11H2/t13-/m0/s1. The summed E-state index contributed by atoms with van der Waals surface area (Å²) in [6.45, 7) is 2.13. The molecule has 0 amide bonds. The van der Waals surface area contributed by atoms with Crippen LogP contribution >= 0.6 is 11.6 Å². The highest BCUT2D eigenvalue weighted by Gasteiger charge is 2.32. The number of piperidine rings is 1. The fourth-order valence-corrected chi connectivity index (χ4v) is 3.28. The molecule has 19 heavy (non-hydrogen) atoms. The summed E-state index contributed by atoms with van der Waals surface area (Å²) in [6.07, 6.45) is 6.19. The molecule has 1 saturated carbocycles. The van der Waals surface area contributed by atoms with E-state index in [-0.39, 0.29) is 5.92 Å². The molecule has 3 rings (SSSR count). The highest BCUT2D eigenvalue weighted by atomic mass is 35.5. The Morgan fingerprint density at radius 2 is 1.84 bits per heavy atom. The van der Waals surface area contributed by atoms with Gasteiger partial charge in [-0.2, -0.15) is 0 Å². The number of carbonyl (C=O) groups excluding carboxylic acids is 1. The van der Waals surface area contributed by atoms with Gasteiger partial charge < -0.3 is 0 Å². The lowest BCUT2D eigenvalue weighted by Crippen LogP contribution is -2.47. The molecule has 2 aliphatic rings. The van der Waals surface area contributed by atoms with E-state index in [2.05, 4.69) is 4.90 Å². The third-order valence-electron chi connectivity index (χ3n) is 4.54. The van der Waals surface area contributed by atoms with Crippen molar-refractivity contribution in [2.45, 2.75) is 38.1 Å². The topological polar surface area (TPSA) is 20.3 Å². The van der Waals surface area contributed by atoms with E-state index in [1.165, 1.54) is 25.8 Å². The Kier molecular flexibility index (Phi) is 3.90. The zero-order valence-electron chi connectivity index (χ0n) is 11.1. The van der Waals surface area contributed by atoms with Crippen LogP contribution in [0.2, 0.25) is 5.02 Å². The zero-order chi connectivity index (χ0) is 13.2. The minimum Gasteiger partial charge on any atom is -0.300 e. The van der Waals surface area contributed by atoms with Crippen LogP contribution in [0.5, 0.6) is 0 Å². The lowest BCUT2D eigenvalue weighted by Gasteiger charge is -2.42. The fourth-order valence-electron chi connectivity index (χ4n) is 3.15. The van der Waals surface area contributed by atoms with Crippen molar-refractivity contribution in [1.29, 1.82) is 0 Å². The zero-order valence-corrected chi connectivity index (χ0v) is 11.9. The molecule has 0 spiro atoms. The molecule has 1 atom stereocenters. The largest absolute Gasteiger partial charge is 0.300 e. The number of Topliss-reactive ketones (excluding diaryl/α,β-unsaturated/α-hetero) is 1. The Labute approximate surface area is 119 Å². The third kappa shape index (κ3) is 2.85. The van der Waals surface area contributed by atoms with Crippen LogP contribution in [0.25, 0.3) is 0 Å². The van der Waals surface area contributed by atoms with Crippen molar-refractivity contribution in [3.8, 4) is 0 Å². The van der Waals surface area contributed by atoms with E-state index in [4.69, 9.17) is 11.6 Å². The van der Waals surface area contributed by atoms with Crippen LogP contribution in [0.15, 0.2) is 24.3 Å². The number of ketones is 1. The van der Waals surface area contributed by atoms with Crippen molar-refractivity contribution in [1.82, 2.24) is 4.90 Å². The van der Waals surface area contributed by atoms with Crippen molar-refractivity contribution < 1.29 is 4.79 Å². The smallest absolute Gasteiger partial charge is 0.167 e. The van der Waals surface area contributed by atoms with Crippen LogP contribution in [0, 0.1) is 5.92 Å². The van der Waals surface area contributed by atoms with E-state index in [1.54, 1.807) is 12.1 Å². The first-order valence-electron chi connectivity index (χ1n) is 7.28. The van der Waals surface area contributed by atoms with Crippen LogP contribution in [0.4, 0.5) is 0 Å². The molecule has 0 aromatic heterocycles. The van der Waals surface area contributed by atoms with Crippen molar-refractivity contribution in [3.05, 3.63) is 34.9 Å². The van der Waals surface area contributed by atoms with Crippen molar-refractivity contribution in [2.75, 3.05) is 13.1 Å². The summed E-state index contributed by atoms with van der Waals surface area (Å²) in [7, 11) is 0. The first kappa shape index (κ1) is 13.1. The van der Waals surface area contributed by atoms with Crippen LogP contribution in [0.3, 0.4) is 0 Å². The molecule has 102 valence electrons. The summed E-state index contributed by atoms with van der Waals surface area (Å²) in [5.74, 6) is 0.469. The van der Waals surface area contributed by atoms with E-state index in [1.807, 2.05) is 12.1 Å². The van der Waals surface area contributed by atoms with Crippen molar-refractivity contribution in [3.63, 3.8) is 0 Å². The second-order valence-electron chi connectivity index (χ2n) is 5.79. The molecule has 1 aliphatic heterocycles. The molecule has 1 aliphatic carbocycles. The van der Waals surface area contributed by atoms with Gasteiger partial charge in [0, 0.05) is 29.1 Å². The van der Waals surface area contributed by atoms with Gasteiger partial charge in [0.25, 0.3) is 0 Å². The molecule has 2 fully saturated rings. The van der Waals surface area contributed by atoms with Gasteiger partial charge in [-0.25, -0.2) is 0 Å². The van der Waals surface area contributed by atoms with Crippen LogP contribution in [-0.4, -0.2) is 29.8 Å². The van der Waals surface area contributed by atoms with Crippen molar-refractivity contribution in [2.24, 2.45) is 5.92 Å². The molecule has 3 heteroatoms. The molecule has 0 bridgehead atoms. The predicted octanol–water partition coefficient (Wildman–Crippen LogP) is 3.79. The summed E-state index contributed by atoms with van der Waals surface area (Å²) in [4.78, 5) is 15.0.